The lowest BCUT2D eigenvalue weighted by Gasteiger charge is -2.16. The summed E-state index contributed by atoms with van der Waals surface area (Å²) >= 11 is 11.4. The summed E-state index contributed by atoms with van der Waals surface area (Å²) in [4.78, 5) is 25.1. The van der Waals surface area contributed by atoms with Crippen LogP contribution in [-0.2, 0) is 9.53 Å². The molecular weight excluding hydrogens is 502 g/mol. The smallest absolute Gasteiger partial charge is 0.265 e. The van der Waals surface area contributed by atoms with E-state index in [0.717, 1.165) is 0 Å². The molecule has 0 fully saturated rings. The maximum absolute atomic E-state index is 12.7. The summed E-state index contributed by atoms with van der Waals surface area (Å²) < 4.78 is 16.2. The van der Waals surface area contributed by atoms with Crippen molar-refractivity contribution in [2.45, 2.75) is 13.0 Å². The number of hydrogen-bond acceptors (Lipinski definition) is 6. The summed E-state index contributed by atoms with van der Waals surface area (Å²) in [5.74, 6) is 0.130. The highest BCUT2D eigenvalue weighted by molar-refractivity contribution is 7.80. The third-order valence-electron chi connectivity index (χ3n) is 4.82. The van der Waals surface area contributed by atoms with Crippen LogP contribution in [0.5, 0.6) is 11.5 Å². The Labute approximate surface area is 219 Å². The van der Waals surface area contributed by atoms with Gasteiger partial charge in [0.05, 0.1) is 17.2 Å². The quantitative estimate of drug-likeness (QED) is 0.255. The Balaban J connectivity index is 1.52. The second-order valence-corrected chi connectivity index (χ2v) is 8.32. The van der Waals surface area contributed by atoms with E-state index in [2.05, 4.69) is 16.0 Å². The van der Waals surface area contributed by atoms with E-state index in [4.69, 9.17) is 38.0 Å². The molecule has 1 unspecified atom stereocenters. The van der Waals surface area contributed by atoms with E-state index < -0.39 is 12.0 Å². The van der Waals surface area contributed by atoms with Gasteiger partial charge in [0, 0.05) is 18.5 Å². The van der Waals surface area contributed by atoms with Crippen LogP contribution in [0, 0.1) is 0 Å². The molecule has 0 bridgehead atoms. The summed E-state index contributed by atoms with van der Waals surface area (Å²) in [5, 5.41) is 8.91. The molecule has 1 atom stereocenters. The number of thiocarbonyl (C=S) groups is 1. The van der Waals surface area contributed by atoms with E-state index >= 15 is 0 Å². The van der Waals surface area contributed by atoms with Crippen molar-refractivity contribution in [1.29, 1.82) is 0 Å². The van der Waals surface area contributed by atoms with Crippen LogP contribution in [0.15, 0.2) is 72.8 Å². The van der Waals surface area contributed by atoms with Crippen molar-refractivity contribution in [3.63, 3.8) is 0 Å². The zero-order valence-corrected chi connectivity index (χ0v) is 21.3. The van der Waals surface area contributed by atoms with Crippen LogP contribution < -0.4 is 25.4 Å². The lowest BCUT2D eigenvalue weighted by molar-refractivity contribution is -0.122. The summed E-state index contributed by atoms with van der Waals surface area (Å²) in [5.41, 5.74) is 1.55. The average molecular weight is 528 g/mol. The van der Waals surface area contributed by atoms with Gasteiger partial charge in [-0.15, -0.1) is 0 Å². The Morgan fingerprint density at radius 3 is 2.17 bits per heavy atom. The fourth-order valence-electron chi connectivity index (χ4n) is 3.01. The fraction of sp³-hybridized carbons (Fsp3) is 0.192. The zero-order valence-electron chi connectivity index (χ0n) is 19.7. The Hall–Kier alpha value is -3.66. The standard InChI is InChI=1S/C26H26ClN3O5S/c1-17(35-23-10-6-4-8-21(23)27)24(31)28-18-11-13-19(14-12-18)29-26(36)30-25(32)20-7-3-5-9-22(20)34-16-15-33-2/h3-14,17H,15-16H2,1-2H3,(H,28,31)(H2,29,30,32,36). The van der Waals surface area contributed by atoms with Gasteiger partial charge < -0.3 is 24.8 Å². The molecule has 0 aliphatic rings. The molecule has 3 N–H and O–H groups in total. The Morgan fingerprint density at radius 1 is 0.889 bits per heavy atom. The minimum atomic E-state index is -0.758. The third-order valence-corrected chi connectivity index (χ3v) is 5.34. The third kappa shape index (κ3) is 7.94. The highest BCUT2D eigenvalue weighted by Gasteiger charge is 2.17. The Kier molecular flexibility index (Phi) is 10.1. The van der Waals surface area contributed by atoms with Gasteiger partial charge >= 0.3 is 0 Å². The number of para-hydroxylation sites is 2. The molecule has 0 radical (unpaired) electrons. The van der Waals surface area contributed by atoms with E-state index in [1.807, 2.05) is 0 Å². The van der Waals surface area contributed by atoms with E-state index in [9.17, 15) is 9.59 Å². The number of amides is 2. The molecule has 0 heterocycles. The second-order valence-electron chi connectivity index (χ2n) is 7.50. The molecule has 188 valence electrons. The van der Waals surface area contributed by atoms with Gasteiger partial charge in [-0.2, -0.15) is 0 Å². The monoisotopic (exact) mass is 527 g/mol. The first-order chi connectivity index (χ1) is 17.4. The summed E-state index contributed by atoms with van der Waals surface area (Å²) in [6.07, 6.45) is -0.758. The molecular formula is C26H26ClN3O5S. The van der Waals surface area contributed by atoms with Crippen LogP contribution in [0.1, 0.15) is 17.3 Å². The molecule has 10 heteroatoms. The highest BCUT2D eigenvalue weighted by Crippen LogP contribution is 2.24. The van der Waals surface area contributed by atoms with Crippen molar-refractivity contribution in [3.8, 4) is 11.5 Å². The van der Waals surface area contributed by atoms with Gasteiger partial charge in [0.15, 0.2) is 11.2 Å². The van der Waals surface area contributed by atoms with E-state index in [1.54, 1.807) is 86.8 Å². The fourth-order valence-corrected chi connectivity index (χ4v) is 3.40. The number of carbonyl (C=O) groups excluding carboxylic acids is 2. The van der Waals surface area contributed by atoms with Crippen molar-refractivity contribution >= 4 is 52.1 Å². The molecule has 0 aromatic heterocycles. The maximum atomic E-state index is 12.7. The first-order valence-electron chi connectivity index (χ1n) is 11.0. The number of ether oxygens (including phenoxy) is 3. The van der Waals surface area contributed by atoms with Crippen molar-refractivity contribution < 1.29 is 23.8 Å². The number of methoxy groups -OCH3 is 1. The van der Waals surface area contributed by atoms with Crippen molar-refractivity contribution in [2.75, 3.05) is 31.0 Å². The molecule has 0 aliphatic heterocycles. The first-order valence-corrected chi connectivity index (χ1v) is 11.8. The van der Waals surface area contributed by atoms with Crippen LogP contribution in [0.3, 0.4) is 0 Å². The number of anilines is 2. The van der Waals surface area contributed by atoms with Gasteiger partial charge in [0.2, 0.25) is 0 Å². The molecule has 3 rings (SSSR count). The van der Waals surface area contributed by atoms with Crippen LogP contribution in [0.2, 0.25) is 5.02 Å². The van der Waals surface area contributed by atoms with Gasteiger partial charge in [-0.25, -0.2) is 0 Å². The normalized spacial score (nSPS) is 11.2. The summed E-state index contributed by atoms with van der Waals surface area (Å²) in [6, 6.07) is 20.6. The molecule has 0 saturated heterocycles. The number of halogens is 1. The number of hydrogen-bond donors (Lipinski definition) is 3. The molecule has 2 amide bonds. The molecule has 8 nitrogen and oxygen atoms in total. The van der Waals surface area contributed by atoms with Crippen molar-refractivity contribution in [2.24, 2.45) is 0 Å². The highest BCUT2D eigenvalue weighted by atomic mass is 35.5. The average Bonchev–Trinajstić information content (AvgIpc) is 2.87. The number of nitrogens with one attached hydrogen (secondary N) is 3. The minimum absolute atomic E-state index is 0.116. The van der Waals surface area contributed by atoms with Crippen molar-refractivity contribution in [3.05, 3.63) is 83.4 Å². The molecule has 3 aromatic carbocycles. The summed E-state index contributed by atoms with van der Waals surface area (Å²) in [6.45, 7) is 2.35. The second kappa shape index (κ2) is 13.4. The van der Waals surface area contributed by atoms with E-state index in [0.29, 0.717) is 46.7 Å². The topological polar surface area (TPSA) is 97.9 Å². The number of rotatable bonds is 10. The van der Waals surface area contributed by atoms with Crippen molar-refractivity contribution in [1.82, 2.24) is 5.32 Å². The summed E-state index contributed by atoms with van der Waals surface area (Å²) in [7, 11) is 1.57. The first kappa shape index (κ1) is 26.9. The predicted molar refractivity (Wildman–Crippen MR) is 144 cm³/mol. The van der Waals surface area contributed by atoms with Gasteiger partial charge in [-0.3, -0.25) is 14.9 Å². The van der Waals surface area contributed by atoms with Gasteiger partial charge in [0.25, 0.3) is 11.8 Å². The molecule has 3 aromatic rings. The molecule has 36 heavy (non-hydrogen) atoms. The molecule has 0 spiro atoms. The van der Waals surface area contributed by atoms with Gasteiger partial charge in [0.1, 0.15) is 18.1 Å². The van der Waals surface area contributed by atoms with E-state index in [1.165, 1.54) is 0 Å². The van der Waals surface area contributed by atoms with Crippen LogP contribution in [-0.4, -0.2) is 43.4 Å². The molecule has 0 saturated carbocycles. The predicted octanol–water partition coefficient (Wildman–Crippen LogP) is 4.90. The van der Waals surface area contributed by atoms with E-state index in [-0.39, 0.29) is 11.0 Å². The minimum Gasteiger partial charge on any atom is -0.490 e. The SMILES string of the molecule is COCCOc1ccccc1C(=O)NC(=S)Nc1ccc(NC(=O)C(C)Oc2ccccc2Cl)cc1. The lowest BCUT2D eigenvalue weighted by atomic mass is 10.2. The maximum Gasteiger partial charge on any atom is 0.265 e. The van der Waals surface area contributed by atoms with Gasteiger partial charge in [-0.05, 0) is 67.7 Å². The number of benzene rings is 3. The molecule has 0 aliphatic carbocycles. The van der Waals surface area contributed by atoms with Crippen LogP contribution in [0.4, 0.5) is 11.4 Å². The zero-order chi connectivity index (χ0) is 25.9. The lowest BCUT2D eigenvalue weighted by Crippen LogP contribution is -2.34. The number of carbonyl (C=O) groups is 2. The van der Waals surface area contributed by atoms with Gasteiger partial charge in [-0.1, -0.05) is 35.9 Å². The Bertz CT molecular complexity index is 1210. The Morgan fingerprint density at radius 2 is 1.50 bits per heavy atom. The van der Waals surface area contributed by atoms with Crippen LogP contribution >= 0.6 is 23.8 Å². The van der Waals surface area contributed by atoms with Crippen LogP contribution in [0.25, 0.3) is 0 Å². The largest absolute Gasteiger partial charge is 0.490 e.